The summed E-state index contributed by atoms with van der Waals surface area (Å²) >= 11 is 0. The van der Waals surface area contributed by atoms with Crippen LogP contribution in [0.4, 0.5) is 4.79 Å². The van der Waals surface area contributed by atoms with Gasteiger partial charge in [-0.1, -0.05) is 0 Å². The quantitative estimate of drug-likeness (QED) is 0.417. The average Bonchev–Trinajstić information content (AvgIpc) is 1.63. The van der Waals surface area contributed by atoms with E-state index in [9.17, 15) is 4.79 Å². The number of carbonyl (C=O) groups is 1. The Bertz CT molecular complexity index is 93.8. The van der Waals surface area contributed by atoms with Crippen LogP contribution in [0, 0.1) is 0 Å². The van der Waals surface area contributed by atoms with Gasteiger partial charge in [0.05, 0.1) is 12.8 Å². The molecule has 6 N–H and O–H groups in total. The Kier molecular flexibility index (Phi) is 3.74. The van der Waals surface area contributed by atoms with E-state index in [1.54, 1.807) is 0 Å². The minimum absolute atomic E-state index is 0.188. The molecule has 0 aromatic rings. The predicted octanol–water partition coefficient (Wildman–Crippen LogP) is -1.28. The van der Waals surface area contributed by atoms with Gasteiger partial charge in [-0.25, -0.2) is 4.79 Å². The van der Waals surface area contributed by atoms with Crippen LogP contribution in [0.2, 0.25) is 0 Å². The van der Waals surface area contributed by atoms with Crippen LogP contribution in [0.15, 0.2) is 0 Å². The molecule has 0 saturated carbocycles. The van der Waals surface area contributed by atoms with Crippen LogP contribution in [0.3, 0.4) is 0 Å². The second kappa shape index (κ2) is 4.11. The molecule has 0 fully saturated rings. The van der Waals surface area contributed by atoms with Gasteiger partial charge in [0, 0.05) is 6.42 Å². The topological polar surface area (TPSA) is 104 Å². The summed E-state index contributed by atoms with van der Waals surface area (Å²) in [5.74, 6) is 0. The molecule has 0 aliphatic rings. The van der Waals surface area contributed by atoms with E-state index in [0.29, 0.717) is 6.42 Å². The highest BCUT2D eigenvalue weighted by molar-refractivity contribution is 5.64. The highest BCUT2D eigenvalue weighted by Crippen LogP contribution is 1.81. The fourth-order valence-corrected chi connectivity index (χ4v) is 0.296. The van der Waals surface area contributed by atoms with E-state index >= 15 is 0 Å². The molecule has 54 valence electrons. The lowest BCUT2D eigenvalue weighted by atomic mass is 10.4. The summed E-state index contributed by atoms with van der Waals surface area (Å²) in [5, 5.41) is 0. The molecule has 0 aromatic heterocycles. The zero-order chi connectivity index (χ0) is 7.28. The van der Waals surface area contributed by atoms with E-state index in [0.717, 1.165) is 0 Å². The molecule has 0 spiro atoms. The summed E-state index contributed by atoms with van der Waals surface area (Å²) in [6.45, 7) is 0.188. The molecule has 0 atom stereocenters. The van der Waals surface area contributed by atoms with Gasteiger partial charge in [0.25, 0.3) is 0 Å². The standard InChI is InChI=1S/C4H11N3O2/c5-3(6)1-2-9-4(7)8/h3H,1-2,5-6H2,(H2,7,8). The van der Waals surface area contributed by atoms with Crippen molar-refractivity contribution in [3.8, 4) is 0 Å². The molecule has 5 heteroatoms. The fourth-order valence-electron chi connectivity index (χ4n) is 0.296. The molecule has 0 rings (SSSR count). The van der Waals surface area contributed by atoms with Gasteiger partial charge in [0.2, 0.25) is 0 Å². The van der Waals surface area contributed by atoms with Crippen LogP contribution >= 0.6 is 0 Å². The minimum Gasteiger partial charge on any atom is -0.450 e. The van der Waals surface area contributed by atoms with E-state index in [4.69, 9.17) is 11.5 Å². The fraction of sp³-hybridized carbons (Fsp3) is 0.750. The highest BCUT2D eigenvalue weighted by atomic mass is 16.5. The molecule has 1 amide bonds. The van der Waals surface area contributed by atoms with Crippen molar-refractivity contribution in [3.05, 3.63) is 0 Å². The van der Waals surface area contributed by atoms with Crippen LogP contribution < -0.4 is 17.2 Å². The van der Waals surface area contributed by atoms with Crippen LogP contribution in [0.5, 0.6) is 0 Å². The van der Waals surface area contributed by atoms with E-state index in [-0.39, 0.29) is 6.61 Å². The van der Waals surface area contributed by atoms with Crippen molar-refractivity contribution in [3.63, 3.8) is 0 Å². The zero-order valence-electron chi connectivity index (χ0n) is 5.04. The molecule has 0 aliphatic heterocycles. The normalized spacial score (nSPS) is 9.67. The Hall–Kier alpha value is -0.810. The van der Waals surface area contributed by atoms with E-state index in [2.05, 4.69) is 10.5 Å². The molecule has 0 bridgehead atoms. The molecule has 0 saturated heterocycles. The van der Waals surface area contributed by atoms with Crippen molar-refractivity contribution in [1.82, 2.24) is 0 Å². The Balaban J connectivity index is 3.01. The smallest absolute Gasteiger partial charge is 0.404 e. The van der Waals surface area contributed by atoms with Crippen molar-refractivity contribution in [2.45, 2.75) is 12.6 Å². The summed E-state index contributed by atoms with van der Waals surface area (Å²) in [5.41, 5.74) is 14.9. The van der Waals surface area contributed by atoms with Crippen molar-refractivity contribution >= 4 is 6.09 Å². The van der Waals surface area contributed by atoms with E-state index in [1.807, 2.05) is 0 Å². The monoisotopic (exact) mass is 133 g/mol. The molecule has 0 aliphatic carbocycles. The van der Waals surface area contributed by atoms with Gasteiger partial charge in [-0.3, -0.25) is 0 Å². The summed E-state index contributed by atoms with van der Waals surface area (Å²) < 4.78 is 4.33. The van der Waals surface area contributed by atoms with Gasteiger partial charge >= 0.3 is 6.09 Å². The Morgan fingerprint density at radius 3 is 2.44 bits per heavy atom. The molecule has 9 heavy (non-hydrogen) atoms. The van der Waals surface area contributed by atoms with Crippen molar-refractivity contribution in [1.29, 1.82) is 0 Å². The van der Waals surface area contributed by atoms with E-state index in [1.165, 1.54) is 0 Å². The third-order valence-corrected chi connectivity index (χ3v) is 0.696. The number of amides is 1. The van der Waals surface area contributed by atoms with Gasteiger partial charge in [-0.05, 0) is 0 Å². The Labute approximate surface area is 53.1 Å². The number of primary amides is 1. The van der Waals surface area contributed by atoms with Crippen molar-refractivity contribution in [2.24, 2.45) is 17.2 Å². The first-order valence-corrected chi connectivity index (χ1v) is 2.56. The summed E-state index contributed by atoms with van der Waals surface area (Å²) in [6.07, 6.45) is -0.803. The number of nitrogens with two attached hydrogens (primary N) is 3. The van der Waals surface area contributed by atoms with Gasteiger partial charge in [-0.2, -0.15) is 0 Å². The first-order chi connectivity index (χ1) is 4.13. The van der Waals surface area contributed by atoms with Gasteiger partial charge in [-0.15, -0.1) is 0 Å². The minimum atomic E-state index is -0.796. The second-order valence-electron chi connectivity index (χ2n) is 1.62. The third kappa shape index (κ3) is 7.19. The average molecular weight is 133 g/mol. The van der Waals surface area contributed by atoms with Crippen LogP contribution in [-0.4, -0.2) is 18.9 Å². The SMILES string of the molecule is NC(=O)OCCC(N)N. The van der Waals surface area contributed by atoms with Gasteiger partial charge < -0.3 is 21.9 Å². The van der Waals surface area contributed by atoms with Crippen LogP contribution in [-0.2, 0) is 4.74 Å². The maximum Gasteiger partial charge on any atom is 0.404 e. The number of hydrogen-bond acceptors (Lipinski definition) is 4. The maximum atomic E-state index is 9.90. The Morgan fingerprint density at radius 1 is 1.56 bits per heavy atom. The second-order valence-corrected chi connectivity index (χ2v) is 1.62. The van der Waals surface area contributed by atoms with Crippen LogP contribution in [0.1, 0.15) is 6.42 Å². The number of hydrogen-bond donors (Lipinski definition) is 3. The molecular weight excluding hydrogens is 122 g/mol. The summed E-state index contributed by atoms with van der Waals surface area (Å²) in [6, 6.07) is 0. The molecule has 0 radical (unpaired) electrons. The third-order valence-electron chi connectivity index (χ3n) is 0.696. The summed E-state index contributed by atoms with van der Waals surface area (Å²) in [7, 11) is 0. The van der Waals surface area contributed by atoms with Crippen molar-refractivity contribution in [2.75, 3.05) is 6.61 Å². The Morgan fingerprint density at radius 2 is 2.11 bits per heavy atom. The lowest BCUT2D eigenvalue weighted by molar-refractivity contribution is 0.153. The first kappa shape index (κ1) is 8.19. The molecule has 0 aromatic carbocycles. The van der Waals surface area contributed by atoms with Gasteiger partial charge in [0.1, 0.15) is 0 Å². The summed E-state index contributed by atoms with van der Waals surface area (Å²) in [4.78, 5) is 9.90. The lowest BCUT2D eigenvalue weighted by Gasteiger charge is -2.03. The number of carbonyl (C=O) groups excluding carboxylic acids is 1. The number of rotatable bonds is 3. The van der Waals surface area contributed by atoms with Crippen molar-refractivity contribution < 1.29 is 9.53 Å². The molecule has 0 heterocycles. The first-order valence-electron chi connectivity index (χ1n) is 2.56. The zero-order valence-corrected chi connectivity index (χ0v) is 5.04. The molecule has 0 unspecified atom stereocenters. The van der Waals surface area contributed by atoms with Gasteiger partial charge in [0.15, 0.2) is 0 Å². The molecular formula is C4H11N3O2. The maximum absolute atomic E-state index is 9.90. The molecule has 5 nitrogen and oxygen atoms in total. The largest absolute Gasteiger partial charge is 0.450 e. The highest BCUT2D eigenvalue weighted by Gasteiger charge is 1.95. The van der Waals surface area contributed by atoms with Crippen LogP contribution in [0.25, 0.3) is 0 Å². The van der Waals surface area contributed by atoms with E-state index < -0.39 is 12.3 Å². The predicted molar refractivity (Wildman–Crippen MR) is 32.3 cm³/mol. The lowest BCUT2D eigenvalue weighted by Crippen LogP contribution is -2.32. The number of ether oxygens (including phenoxy) is 1.